The quantitative estimate of drug-likeness (QED) is 0.0933. The molecule has 1 amide bonds. The number of rotatable bonds is 12. The van der Waals surface area contributed by atoms with E-state index >= 15 is 0 Å². The van der Waals surface area contributed by atoms with Gasteiger partial charge in [0.1, 0.15) is 17.7 Å². The Morgan fingerprint density at radius 1 is 0.985 bits per heavy atom. The fourth-order valence-electron chi connectivity index (χ4n) is 9.25. The molecule has 2 saturated heterocycles. The molecule has 17 nitrogen and oxygen atoms in total. The van der Waals surface area contributed by atoms with Crippen molar-refractivity contribution in [2.75, 3.05) is 80.8 Å². The smallest absolute Gasteiger partial charge is 0.293 e. The molecular weight excluding hydrogens is 872 g/mol. The van der Waals surface area contributed by atoms with Crippen LogP contribution >= 0.6 is 11.6 Å². The first-order valence-electron chi connectivity index (χ1n) is 22.2. The SMILES string of the molecule is CC1(C)CCC(CN2CCN(c3ccc(C(=O)NS(=O)(=O)c4ccc(NCC5CCOCC5)c([N+](=O)[O-])c4)c(N4CCCOc5nc6nncn6cc54)c3)CC2)=C(c2ccc(Cl)cc2)C1. The third kappa shape index (κ3) is 9.90. The first-order chi connectivity index (χ1) is 31.3. The lowest BCUT2D eigenvalue weighted by Gasteiger charge is -2.39. The molecule has 9 rings (SSSR count). The van der Waals surface area contributed by atoms with Crippen LogP contribution in [0.15, 0.2) is 83.7 Å². The van der Waals surface area contributed by atoms with E-state index in [0.29, 0.717) is 62.4 Å². The molecule has 0 radical (unpaired) electrons. The molecule has 0 saturated carbocycles. The standard InChI is InChI=1S/C46H53ClN10O7S/c1-46(2)15-12-33(38(26-46)32-4-6-34(47)7-5-32)28-53-17-19-54(20-18-53)35-8-10-37(40(24-35)56-16-3-21-64-44-42(56)29-55-30-49-51-45(55)50-44)43(58)52-65(61,62)36-9-11-39(41(25-36)57(59)60)48-27-31-13-22-63-23-14-31/h4-11,24-25,29-31,48H,3,12-23,26-28H2,1-2H3,(H,52,58). The molecule has 0 atom stereocenters. The number of hydrogen-bond donors (Lipinski definition) is 2. The molecule has 4 aliphatic rings. The zero-order chi connectivity index (χ0) is 45.3. The van der Waals surface area contributed by atoms with Gasteiger partial charge in [-0.3, -0.25) is 24.2 Å². The average molecular weight is 926 g/mol. The van der Waals surface area contributed by atoms with Crippen molar-refractivity contribution in [1.82, 2.24) is 29.2 Å². The molecule has 5 aromatic rings. The summed E-state index contributed by atoms with van der Waals surface area (Å²) in [7, 11) is -4.58. The van der Waals surface area contributed by atoms with Crippen molar-refractivity contribution in [2.45, 2.75) is 57.3 Å². The van der Waals surface area contributed by atoms with Gasteiger partial charge in [-0.05, 0) is 103 Å². The summed E-state index contributed by atoms with van der Waals surface area (Å²) in [5, 5.41) is 24.1. The van der Waals surface area contributed by atoms with E-state index < -0.39 is 31.4 Å². The van der Waals surface area contributed by atoms with Crippen LogP contribution in [0.2, 0.25) is 5.02 Å². The number of nitro benzene ring substituents is 1. The van der Waals surface area contributed by atoms with Crippen molar-refractivity contribution < 1.29 is 27.6 Å². The lowest BCUT2D eigenvalue weighted by atomic mass is 9.72. The fraction of sp³-hybridized carbons (Fsp3) is 0.435. The van der Waals surface area contributed by atoms with Crippen molar-refractivity contribution in [1.29, 1.82) is 0 Å². The molecule has 0 bridgehead atoms. The van der Waals surface area contributed by atoms with Crippen LogP contribution in [-0.2, 0) is 14.8 Å². The highest BCUT2D eigenvalue weighted by Crippen LogP contribution is 2.44. The molecular formula is C46H53ClN10O7S. The van der Waals surface area contributed by atoms with Crippen LogP contribution in [0, 0.1) is 21.4 Å². The Hall–Kier alpha value is -5.82. The predicted octanol–water partition coefficient (Wildman–Crippen LogP) is 7.35. The van der Waals surface area contributed by atoms with E-state index in [0.717, 1.165) is 81.6 Å². The van der Waals surface area contributed by atoms with E-state index in [1.807, 2.05) is 29.2 Å². The molecule has 0 spiro atoms. The monoisotopic (exact) mass is 924 g/mol. The Balaban J connectivity index is 0.986. The summed E-state index contributed by atoms with van der Waals surface area (Å²) in [4.78, 5) is 36.8. The van der Waals surface area contributed by atoms with Gasteiger partial charge in [0.2, 0.25) is 5.88 Å². The maximum absolute atomic E-state index is 14.4. The molecule has 3 aromatic carbocycles. The minimum absolute atomic E-state index is 0.0822. The van der Waals surface area contributed by atoms with Gasteiger partial charge in [-0.25, -0.2) is 13.1 Å². The second-order valence-electron chi connectivity index (χ2n) is 18.0. The van der Waals surface area contributed by atoms with Crippen LogP contribution in [0.1, 0.15) is 68.3 Å². The number of aromatic nitrogens is 4. The number of carbonyl (C=O) groups is 1. The maximum Gasteiger partial charge on any atom is 0.293 e. The number of nitrogens with zero attached hydrogens (tertiary/aromatic N) is 8. The average Bonchev–Trinajstić information content (AvgIpc) is 3.66. The second-order valence-corrected chi connectivity index (χ2v) is 20.1. The van der Waals surface area contributed by atoms with E-state index in [2.05, 4.69) is 61.0 Å². The number of nitrogens with one attached hydrogen (secondary N) is 2. The topological polar surface area (TPSA) is 190 Å². The summed E-state index contributed by atoms with van der Waals surface area (Å²) in [6.45, 7) is 11.2. The van der Waals surface area contributed by atoms with Crippen LogP contribution < -0.4 is 24.6 Å². The number of ether oxygens (including phenoxy) is 2. The van der Waals surface area contributed by atoms with Gasteiger partial charge in [0.15, 0.2) is 0 Å². The van der Waals surface area contributed by atoms with E-state index in [-0.39, 0.29) is 22.6 Å². The van der Waals surface area contributed by atoms with Gasteiger partial charge in [-0.15, -0.1) is 10.2 Å². The van der Waals surface area contributed by atoms with Crippen molar-refractivity contribution >= 4 is 67.3 Å². The van der Waals surface area contributed by atoms with E-state index in [1.165, 1.54) is 35.2 Å². The number of allylic oxidation sites excluding steroid dienone is 1. The Labute approximate surface area is 383 Å². The lowest BCUT2D eigenvalue weighted by Crippen LogP contribution is -2.47. The number of carbonyl (C=O) groups excluding carboxylic acids is 1. The molecule has 2 N–H and O–H groups in total. The summed E-state index contributed by atoms with van der Waals surface area (Å²) in [6.07, 6.45) is 8.70. The van der Waals surface area contributed by atoms with Crippen LogP contribution in [0.3, 0.4) is 0 Å². The highest BCUT2D eigenvalue weighted by molar-refractivity contribution is 7.90. The molecule has 1 aliphatic carbocycles. The maximum atomic E-state index is 14.4. The predicted molar refractivity (Wildman–Crippen MR) is 249 cm³/mol. The minimum atomic E-state index is -4.58. The zero-order valence-corrected chi connectivity index (χ0v) is 38.1. The number of hydrogen-bond acceptors (Lipinski definition) is 14. The third-order valence-electron chi connectivity index (χ3n) is 13.0. The molecule has 5 heterocycles. The first kappa shape index (κ1) is 44.4. The van der Waals surface area contributed by atoms with Gasteiger partial charge in [0.05, 0.1) is 27.7 Å². The number of benzene rings is 3. The summed E-state index contributed by atoms with van der Waals surface area (Å²) >= 11 is 6.27. The molecule has 19 heteroatoms. The third-order valence-corrected chi connectivity index (χ3v) is 14.5. The van der Waals surface area contributed by atoms with Gasteiger partial charge in [-0.1, -0.05) is 43.2 Å². The molecule has 2 fully saturated rings. The highest BCUT2D eigenvalue weighted by Gasteiger charge is 2.32. The Morgan fingerprint density at radius 3 is 2.54 bits per heavy atom. The van der Waals surface area contributed by atoms with Gasteiger partial charge in [0, 0.05) is 82.0 Å². The minimum Gasteiger partial charge on any atom is -0.476 e. The molecule has 2 aromatic heterocycles. The molecule has 0 unspecified atom stereocenters. The van der Waals surface area contributed by atoms with Gasteiger partial charge in [0.25, 0.3) is 27.4 Å². The number of nitro groups is 1. The van der Waals surface area contributed by atoms with Gasteiger partial charge >= 0.3 is 0 Å². The van der Waals surface area contributed by atoms with E-state index in [4.69, 9.17) is 21.1 Å². The zero-order valence-electron chi connectivity index (χ0n) is 36.5. The van der Waals surface area contributed by atoms with Crippen LogP contribution in [0.5, 0.6) is 5.88 Å². The number of sulfonamides is 1. The molecule has 3 aliphatic heterocycles. The summed E-state index contributed by atoms with van der Waals surface area (Å²) in [5.74, 6) is 0.0148. The van der Waals surface area contributed by atoms with Crippen LogP contribution in [-0.4, -0.2) is 109 Å². The fourth-order valence-corrected chi connectivity index (χ4v) is 10.4. The second kappa shape index (κ2) is 18.6. The van der Waals surface area contributed by atoms with Crippen molar-refractivity contribution in [3.05, 3.63) is 105 Å². The van der Waals surface area contributed by atoms with Crippen LogP contribution in [0.4, 0.5) is 28.4 Å². The van der Waals surface area contributed by atoms with Crippen molar-refractivity contribution in [3.8, 4) is 5.88 Å². The Bertz CT molecular complexity index is 2730. The first-order valence-corrected chi connectivity index (χ1v) is 24.0. The van der Waals surface area contributed by atoms with Gasteiger partial charge in [-0.2, -0.15) is 4.98 Å². The Morgan fingerprint density at radius 2 is 1.77 bits per heavy atom. The lowest BCUT2D eigenvalue weighted by molar-refractivity contribution is -0.384. The van der Waals surface area contributed by atoms with Gasteiger partial charge < -0.3 is 24.6 Å². The highest BCUT2D eigenvalue weighted by atomic mass is 35.5. The largest absolute Gasteiger partial charge is 0.476 e. The molecule has 342 valence electrons. The summed E-state index contributed by atoms with van der Waals surface area (Å²) < 4.78 is 43.2. The number of fused-ring (bicyclic) bond motifs is 2. The summed E-state index contributed by atoms with van der Waals surface area (Å²) in [6, 6.07) is 17.2. The van der Waals surface area contributed by atoms with E-state index in [9.17, 15) is 23.3 Å². The van der Waals surface area contributed by atoms with Crippen molar-refractivity contribution in [3.63, 3.8) is 0 Å². The Kier molecular flexibility index (Phi) is 12.7. The van der Waals surface area contributed by atoms with E-state index in [1.54, 1.807) is 16.7 Å². The van der Waals surface area contributed by atoms with Crippen LogP contribution in [0.25, 0.3) is 11.4 Å². The normalized spacial score (nSPS) is 18.5. The number of piperazine rings is 1. The van der Waals surface area contributed by atoms with Crippen molar-refractivity contribution in [2.24, 2.45) is 11.3 Å². The summed E-state index contributed by atoms with van der Waals surface area (Å²) in [5.41, 5.74) is 6.06. The number of halogens is 1. The molecule has 65 heavy (non-hydrogen) atoms. The number of anilines is 4. The number of amides is 1.